The van der Waals surface area contributed by atoms with E-state index < -0.39 is 0 Å². The van der Waals surface area contributed by atoms with Crippen LogP contribution in [0.2, 0.25) is 0 Å². The van der Waals surface area contributed by atoms with Crippen LogP contribution in [0.15, 0.2) is 42.5 Å². The van der Waals surface area contributed by atoms with Crippen LogP contribution < -0.4 is 15.2 Å². The van der Waals surface area contributed by atoms with E-state index in [9.17, 15) is 4.39 Å². The van der Waals surface area contributed by atoms with Crippen LogP contribution >= 0.6 is 0 Å². The lowest BCUT2D eigenvalue weighted by Crippen LogP contribution is -2.12. The maximum Gasteiger partial charge on any atom is 0.145 e. The Hall–Kier alpha value is -2.23. The monoisotopic (exact) mass is 259 g/mol. The lowest BCUT2D eigenvalue weighted by Gasteiger charge is -2.12. The summed E-state index contributed by atoms with van der Waals surface area (Å²) >= 11 is 0. The Bertz CT molecular complexity index is 600. The number of ether oxygens (including phenoxy) is 2. The number of nitrogens with two attached hydrogens (primary N) is 1. The first-order chi connectivity index (χ1) is 9.24. The van der Waals surface area contributed by atoms with E-state index in [1.807, 2.05) is 24.3 Å². The third kappa shape index (κ3) is 2.34. The van der Waals surface area contributed by atoms with E-state index in [1.165, 1.54) is 18.2 Å². The van der Waals surface area contributed by atoms with E-state index >= 15 is 0 Å². The van der Waals surface area contributed by atoms with Crippen LogP contribution in [-0.2, 0) is 0 Å². The van der Waals surface area contributed by atoms with Crippen LogP contribution in [0.5, 0.6) is 11.5 Å². The third-order valence-electron chi connectivity index (χ3n) is 3.21. The number of nitrogen functional groups attached to an aromatic ring is 1. The van der Waals surface area contributed by atoms with Crippen molar-refractivity contribution in [2.24, 2.45) is 0 Å². The topological polar surface area (TPSA) is 44.5 Å². The molecule has 3 rings (SSSR count). The minimum Gasteiger partial charge on any atom is -0.493 e. The molecule has 3 nitrogen and oxygen atoms in total. The molecular formula is C15H14FNO2. The zero-order valence-corrected chi connectivity index (χ0v) is 10.3. The highest BCUT2D eigenvalue weighted by molar-refractivity contribution is 5.52. The Morgan fingerprint density at radius 2 is 2.11 bits per heavy atom. The van der Waals surface area contributed by atoms with Gasteiger partial charge in [-0.3, -0.25) is 0 Å². The average Bonchev–Trinajstić information content (AvgIpc) is 2.83. The largest absolute Gasteiger partial charge is 0.493 e. The van der Waals surface area contributed by atoms with Crippen LogP contribution in [0.4, 0.5) is 10.1 Å². The maximum absolute atomic E-state index is 13.1. The smallest absolute Gasteiger partial charge is 0.145 e. The molecule has 2 aromatic carbocycles. The van der Waals surface area contributed by atoms with Crippen molar-refractivity contribution < 1.29 is 13.9 Å². The lowest BCUT2D eigenvalue weighted by molar-refractivity contribution is 0.248. The number of halogens is 1. The molecular weight excluding hydrogens is 245 g/mol. The Morgan fingerprint density at radius 1 is 1.26 bits per heavy atom. The predicted molar refractivity (Wildman–Crippen MR) is 71.0 cm³/mol. The highest BCUT2D eigenvalue weighted by Crippen LogP contribution is 2.34. The van der Waals surface area contributed by atoms with Gasteiger partial charge in [0, 0.05) is 11.6 Å². The summed E-state index contributed by atoms with van der Waals surface area (Å²) in [4.78, 5) is 0. The molecule has 0 aromatic heterocycles. The number of para-hydroxylation sites is 1. The highest BCUT2D eigenvalue weighted by atomic mass is 19.1. The summed E-state index contributed by atoms with van der Waals surface area (Å²) in [6.07, 6.45) is 0. The second-order valence-electron chi connectivity index (χ2n) is 4.54. The highest BCUT2D eigenvalue weighted by Gasteiger charge is 2.24. The normalized spacial score (nSPS) is 16.8. The van der Waals surface area contributed by atoms with Gasteiger partial charge in [0.2, 0.25) is 0 Å². The van der Waals surface area contributed by atoms with Crippen LogP contribution in [0.1, 0.15) is 11.5 Å². The fourth-order valence-corrected chi connectivity index (χ4v) is 2.19. The van der Waals surface area contributed by atoms with Gasteiger partial charge in [0.05, 0.1) is 24.8 Å². The number of hydrogen-bond acceptors (Lipinski definition) is 3. The second kappa shape index (κ2) is 4.80. The number of hydrogen-bond donors (Lipinski definition) is 1. The Kier molecular flexibility index (Phi) is 2.99. The first kappa shape index (κ1) is 11.8. The summed E-state index contributed by atoms with van der Waals surface area (Å²) in [6.45, 7) is 0.999. The summed E-state index contributed by atoms with van der Waals surface area (Å²) in [5, 5.41) is 0. The quantitative estimate of drug-likeness (QED) is 0.862. The van der Waals surface area contributed by atoms with E-state index in [-0.39, 0.29) is 11.7 Å². The van der Waals surface area contributed by atoms with Crippen molar-refractivity contribution in [1.29, 1.82) is 0 Å². The zero-order valence-electron chi connectivity index (χ0n) is 10.3. The van der Waals surface area contributed by atoms with Crippen molar-refractivity contribution >= 4 is 5.69 Å². The fraction of sp³-hybridized carbons (Fsp3) is 0.200. The minimum atomic E-state index is -0.354. The lowest BCUT2D eigenvalue weighted by atomic mass is 10.0. The molecule has 4 heteroatoms. The molecule has 1 unspecified atom stereocenters. The van der Waals surface area contributed by atoms with Crippen molar-refractivity contribution in [3.63, 3.8) is 0 Å². The molecule has 1 aliphatic rings. The predicted octanol–water partition coefficient (Wildman–Crippen LogP) is 2.96. The van der Waals surface area contributed by atoms with Gasteiger partial charge in [-0.15, -0.1) is 0 Å². The summed E-state index contributed by atoms with van der Waals surface area (Å²) in [7, 11) is 0. The number of rotatable bonds is 3. The van der Waals surface area contributed by atoms with Gasteiger partial charge in [-0.05, 0) is 18.2 Å². The van der Waals surface area contributed by atoms with Crippen molar-refractivity contribution in [3.05, 3.63) is 53.8 Å². The van der Waals surface area contributed by atoms with E-state index in [1.54, 1.807) is 0 Å². The Morgan fingerprint density at radius 3 is 3.00 bits per heavy atom. The molecule has 98 valence electrons. The van der Waals surface area contributed by atoms with E-state index in [0.29, 0.717) is 24.7 Å². The standard InChI is InChI=1S/C15H14FNO2/c16-11-5-6-13(17)15(7-11)19-9-10-8-18-14-4-2-1-3-12(10)14/h1-7,10H,8-9,17H2. The van der Waals surface area contributed by atoms with Gasteiger partial charge >= 0.3 is 0 Å². The number of fused-ring (bicyclic) bond motifs is 1. The van der Waals surface area contributed by atoms with E-state index in [2.05, 4.69) is 0 Å². The SMILES string of the molecule is Nc1ccc(F)cc1OCC1COc2ccccc21. The number of anilines is 1. The van der Waals surface area contributed by atoms with Gasteiger partial charge < -0.3 is 15.2 Å². The van der Waals surface area contributed by atoms with Crippen LogP contribution in [0, 0.1) is 5.82 Å². The van der Waals surface area contributed by atoms with Gasteiger partial charge in [-0.2, -0.15) is 0 Å². The van der Waals surface area contributed by atoms with Crippen LogP contribution in [0.3, 0.4) is 0 Å². The van der Waals surface area contributed by atoms with Crippen molar-refractivity contribution in [1.82, 2.24) is 0 Å². The molecule has 1 atom stereocenters. The zero-order chi connectivity index (χ0) is 13.2. The molecule has 0 radical (unpaired) electrons. The molecule has 0 saturated carbocycles. The molecule has 0 saturated heterocycles. The molecule has 0 amide bonds. The van der Waals surface area contributed by atoms with Gasteiger partial charge in [0.15, 0.2) is 0 Å². The fourth-order valence-electron chi connectivity index (χ4n) is 2.19. The molecule has 0 fully saturated rings. The molecule has 2 N–H and O–H groups in total. The Labute approximate surface area is 110 Å². The van der Waals surface area contributed by atoms with Crippen LogP contribution in [-0.4, -0.2) is 13.2 Å². The molecule has 0 spiro atoms. The summed E-state index contributed by atoms with van der Waals surface area (Å²) in [5.74, 6) is 1.07. The molecule has 2 aromatic rings. The molecule has 0 bridgehead atoms. The van der Waals surface area contributed by atoms with Crippen LogP contribution in [0.25, 0.3) is 0 Å². The third-order valence-corrected chi connectivity index (χ3v) is 3.21. The average molecular weight is 259 g/mol. The summed E-state index contributed by atoms with van der Waals surface area (Å²) in [5.41, 5.74) is 7.31. The second-order valence-corrected chi connectivity index (χ2v) is 4.54. The molecule has 19 heavy (non-hydrogen) atoms. The van der Waals surface area contributed by atoms with Crippen molar-refractivity contribution in [2.75, 3.05) is 18.9 Å². The molecule has 1 aliphatic heterocycles. The first-order valence-electron chi connectivity index (χ1n) is 6.13. The first-order valence-corrected chi connectivity index (χ1v) is 6.13. The maximum atomic E-state index is 13.1. The van der Waals surface area contributed by atoms with Gasteiger partial charge in [-0.25, -0.2) is 4.39 Å². The number of benzene rings is 2. The van der Waals surface area contributed by atoms with Gasteiger partial charge in [0.25, 0.3) is 0 Å². The molecule has 0 aliphatic carbocycles. The minimum absolute atomic E-state index is 0.152. The van der Waals surface area contributed by atoms with Crippen molar-refractivity contribution in [3.8, 4) is 11.5 Å². The van der Waals surface area contributed by atoms with E-state index in [0.717, 1.165) is 11.3 Å². The summed E-state index contributed by atoms with van der Waals surface area (Å²) in [6, 6.07) is 12.0. The van der Waals surface area contributed by atoms with E-state index in [4.69, 9.17) is 15.2 Å². The van der Waals surface area contributed by atoms with Gasteiger partial charge in [0.1, 0.15) is 17.3 Å². The van der Waals surface area contributed by atoms with Gasteiger partial charge in [-0.1, -0.05) is 18.2 Å². The van der Waals surface area contributed by atoms with Crippen molar-refractivity contribution in [2.45, 2.75) is 5.92 Å². The summed E-state index contributed by atoms with van der Waals surface area (Å²) < 4.78 is 24.3. The molecule has 1 heterocycles. The Balaban J connectivity index is 1.72.